The summed E-state index contributed by atoms with van der Waals surface area (Å²) in [5.74, 6) is -2.11. The Hall–Kier alpha value is -0.630. The zero-order valence-electron chi connectivity index (χ0n) is 14.2. The first-order valence-corrected chi connectivity index (χ1v) is 8.34. The van der Waals surface area contributed by atoms with Crippen molar-refractivity contribution >= 4 is 47.4 Å². The van der Waals surface area contributed by atoms with Crippen LogP contribution in [0.5, 0.6) is 0 Å². The quantitative estimate of drug-likeness (QED) is 0.292. The van der Waals surface area contributed by atoms with Crippen LogP contribution in [0.4, 0.5) is 0 Å². The van der Waals surface area contributed by atoms with E-state index in [0.717, 1.165) is 12.8 Å². The summed E-state index contributed by atoms with van der Waals surface area (Å²) in [6.45, 7) is 1.67. The normalized spacial score (nSPS) is 9.25. The van der Waals surface area contributed by atoms with Gasteiger partial charge in [0.25, 0.3) is 0 Å². The van der Waals surface area contributed by atoms with Gasteiger partial charge in [0.1, 0.15) is 6.54 Å². The van der Waals surface area contributed by atoms with E-state index in [1.165, 1.54) is 44.9 Å². The summed E-state index contributed by atoms with van der Waals surface area (Å²) in [5, 5.41) is 18.3. The third-order valence-electron chi connectivity index (χ3n) is 3.12. The van der Waals surface area contributed by atoms with E-state index >= 15 is 0 Å². The standard InChI is InChI=1S/C14H27NO3.C2H5NO2.Na.H/c1-2-3-4-5-6-7-8-9-10-11-13(16)15-12-14(17)18;3-1-2(4)5;;/h2-12H2,1H3,(H,15,16)(H,17,18);1,3H2,(H,4,5);;. The van der Waals surface area contributed by atoms with Crippen molar-refractivity contribution < 1.29 is 24.6 Å². The molecule has 0 heterocycles. The minimum atomic E-state index is -0.990. The summed E-state index contributed by atoms with van der Waals surface area (Å²) in [7, 11) is 0. The molecule has 0 rings (SSSR count). The van der Waals surface area contributed by atoms with Crippen LogP contribution >= 0.6 is 0 Å². The Morgan fingerprint density at radius 2 is 1.25 bits per heavy atom. The molecular formula is C16H33N2NaO5. The molecule has 0 unspecified atom stereocenters. The number of carbonyl (C=O) groups is 3. The Morgan fingerprint density at radius 1 is 0.833 bits per heavy atom. The molecule has 0 aromatic carbocycles. The maximum absolute atomic E-state index is 11.2. The fourth-order valence-corrected chi connectivity index (χ4v) is 1.86. The number of hydrogen-bond donors (Lipinski definition) is 4. The predicted molar refractivity (Wildman–Crippen MR) is 96.3 cm³/mol. The zero-order chi connectivity index (χ0) is 17.9. The van der Waals surface area contributed by atoms with E-state index in [1.807, 2.05) is 0 Å². The van der Waals surface area contributed by atoms with Crippen LogP contribution in [0.1, 0.15) is 71.1 Å². The van der Waals surface area contributed by atoms with E-state index in [1.54, 1.807) is 0 Å². The molecule has 138 valence electrons. The summed E-state index contributed by atoms with van der Waals surface area (Å²) < 4.78 is 0. The van der Waals surface area contributed by atoms with Gasteiger partial charge in [0.05, 0.1) is 6.54 Å². The number of amides is 1. The molecule has 0 aromatic rings. The number of carboxylic acids is 2. The van der Waals surface area contributed by atoms with E-state index in [9.17, 15) is 14.4 Å². The number of unbranched alkanes of at least 4 members (excludes halogenated alkanes) is 8. The summed E-state index contributed by atoms with van der Waals surface area (Å²) in [4.78, 5) is 30.6. The Bertz CT molecular complexity index is 328. The van der Waals surface area contributed by atoms with Gasteiger partial charge in [-0.25, -0.2) is 0 Å². The van der Waals surface area contributed by atoms with Crippen molar-refractivity contribution in [1.29, 1.82) is 0 Å². The van der Waals surface area contributed by atoms with Crippen LogP contribution in [0.25, 0.3) is 0 Å². The molecule has 0 bridgehead atoms. The van der Waals surface area contributed by atoms with Crippen molar-refractivity contribution in [3.63, 3.8) is 0 Å². The second-order valence-electron chi connectivity index (χ2n) is 5.35. The van der Waals surface area contributed by atoms with Crippen LogP contribution in [0, 0.1) is 0 Å². The van der Waals surface area contributed by atoms with E-state index in [2.05, 4.69) is 18.0 Å². The molecule has 0 saturated carbocycles. The second kappa shape index (κ2) is 22.4. The SMILES string of the molecule is CCCCCCCCCCCC(=O)NCC(=O)O.NCC(=O)O.[NaH]. The molecule has 0 spiro atoms. The van der Waals surface area contributed by atoms with Crippen molar-refractivity contribution in [1.82, 2.24) is 5.32 Å². The van der Waals surface area contributed by atoms with Gasteiger partial charge in [-0.1, -0.05) is 58.3 Å². The van der Waals surface area contributed by atoms with Crippen molar-refractivity contribution in [2.75, 3.05) is 13.1 Å². The number of hydrogen-bond acceptors (Lipinski definition) is 4. The second-order valence-corrected chi connectivity index (χ2v) is 5.35. The Labute approximate surface area is 167 Å². The molecule has 0 aliphatic carbocycles. The van der Waals surface area contributed by atoms with Crippen molar-refractivity contribution in [2.24, 2.45) is 5.73 Å². The first-order chi connectivity index (χ1) is 10.9. The molecule has 0 saturated heterocycles. The van der Waals surface area contributed by atoms with Gasteiger partial charge in [0, 0.05) is 6.42 Å². The van der Waals surface area contributed by atoms with E-state index in [-0.39, 0.29) is 48.6 Å². The van der Waals surface area contributed by atoms with Gasteiger partial charge in [-0.3, -0.25) is 14.4 Å². The van der Waals surface area contributed by atoms with E-state index in [0.29, 0.717) is 6.42 Å². The third-order valence-corrected chi connectivity index (χ3v) is 3.12. The molecule has 8 heteroatoms. The number of carboxylic acid groups (broad SMARTS) is 2. The molecule has 0 aliphatic rings. The first-order valence-electron chi connectivity index (χ1n) is 8.34. The van der Waals surface area contributed by atoms with Gasteiger partial charge in [-0.05, 0) is 6.42 Å². The van der Waals surface area contributed by atoms with Gasteiger partial charge in [-0.15, -0.1) is 0 Å². The van der Waals surface area contributed by atoms with Gasteiger partial charge < -0.3 is 21.3 Å². The summed E-state index contributed by atoms with van der Waals surface area (Å²) in [6, 6.07) is 0. The van der Waals surface area contributed by atoms with Crippen molar-refractivity contribution in [3.05, 3.63) is 0 Å². The Kier molecular flexibility index (Phi) is 26.3. The van der Waals surface area contributed by atoms with Gasteiger partial charge in [0.15, 0.2) is 0 Å². The Morgan fingerprint density at radius 3 is 1.62 bits per heavy atom. The number of carbonyl (C=O) groups excluding carboxylic acids is 1. The molecule has 24 heavy (non-hydrogen) atoms. The third kappa shape index (κ3) is 29.4. The average Bonchev–Trinajstić information content (AvgIpc) is 2.51. The number of nitrogens with one attached hydrogen (secondary N) is 1. The average molecular weight is 356 g/mol. The molecule has 0 radical (unpaired) electrons. The van der Waals surface area contributed by atoms with Crippen LogP contribution in [0.15, 0.2) is 0 Å². The van der Waals surface area contributed by atoms with Crippen LogP contribution in [0.3, 0.4) is 0 Å². The fourth-order valence-electron chi connectivity index (χ4n) is 1.86. The molecule has 0 atom stereocenters. The van der Waals surface area contributed by atoms with Gasteiger partial charge >= 0.3 is 41.5 Å². The number of nitrogens with two attached hydrogens (primary N) is 1. The predicted octanol–water partition coefficient (Wildman–Crippen LogP) is 1.49. The monoisotopic (exact) mass is 356 g/mol. The molecule has 0 aromatic heterocycles. The van der Waals surface area contributed by atoms with Crippen LogP contribution in [-0.2, 0) is 14.4 Å². The van der Waals surface area contributed by atoms with Crippen LogP contribution in [0.2, 0.25) is 0 Å². The minimum absolute atomic E-state index is 0. The fraction of sp³-hybridized carbons (Fsp3) is 0.812. The van der Waals surface area contributed by atoms with Crippen LogP contribution < -0.4 is 11.1 Å². The topological polar surface area (TPSA) is 130 Å². The summed E-state index contributed by atoms with van der Waals surface area (Å²) >= 11 is 0. The number of rotatable bonds is 13. The van der Waals surface area contributed by atoms with Gasteiger partial charge in [-0.2, -0.15) is 0 Å². The Balaban J connectivity index is -0.000000639. The maximum atomic E-state index is 11.2. The van der Waals surface area contributed by atoms with Crippen LogP contribution in [-0.4, -0.2) is 70.7 Å². The molecule has 0 fully saturated rings. The van der Waals surface area contributed by atoms with Crippen molar-refractivity contribution in [2.45, 2.75) is 71.1 Å². The molecule has 7 nitrogen and oxygen atoms in total. The molecule has 1 amide bonds. The van der Waals surface area contributed by atoms with Crippen molar-refractivity contribution in [3.8, 4) is 0 Å². The first kappa shape index (κ1) is 28.2. The number of aliphatic carboxylic acids is 2. The molecule has 5 N–H and O–H groups in total. The molecule has 0 aliphatic heterocycles. The van der Waals surface area contributed by atoms with Gasteiger partial charge in [0.2, 0.25) is 5.91 Å². The molecular weight excluding hydrogens is 323 g/mol. The zero-order valence-corrected chi connectivity index (χ0v) is 14.2. The van der Waals surface area contributed by atoms with E-state index < -0.39 is 11.9 Å². The summed E-state index contributed by atoms with van der Waals surface area (Å²) in [6.07, 6.45) is 11.4. The summed E-state index contributed by atoms with van der Waals surface area (Å²) in [5.41, 5.74) is 4.57. The van der Waals surface area contributed by atoms with E-state index in [4.69, 9.17) is 10.2 Å².